The average Bonchev–Trinajstić information content (AvgIpc) is 3.19. The molecular formula is C31H46O18S2. The number of carbonyl (C=O) groups is 3. The number of aliphatic hydroxyl groups is 2. The standard InChI is InChI=1S/C31H46O18S2/c1-4-5-6-21(33)47-24-23(49-51(42,43)44)22(48-50(39,40)41)18(14-32)46-26(24)45-17-12-29(3)19-8-7-16-11-30(19,25(34)15(16)2)10-9-20(29)31(13-17,27(35)36)28(37)38/h16-20,22-26,32,34H,2,4-14H2,1,3H3,(H,35,36)(H,37,38)(H,39,40,41)(H,42,43,44). The van der Waals surface area contributed by atoms with Gasteiger partial charge in [-0.2, -0.15) is 16.8 Å². The third-order valence-corrected chi connectivity index (χ3v) is 13.1. The zero-order valence-electron chi connectivity index (χ0n) is 28.2. The van der Waals surface area contributed by atoms with E-state index in [2.05, 4.69) is 10.8 Å². The van der Waals surface area contributed by atoms with Crippen LogP contribution in [-0.2, 0) is 57.8 Å². The molecule has 0 radical (unpaired) electrons. The predicted molar refractivity (Wildman–Crippen MR) is 169 cm³/mol. The minimum atomic E-state index is -5.51. The van der Waals surface area contributed by atoms with Crippen LogP contribution in [0.15, 0.2) is 12.2 Å². The van der Waals surface area contributed by atoms with Crippen molar-refractivity contribution in [2.24, 2.45) is 34.0 Å². The molecule has 1 heterocycles. The Kier molecular flexibility index (Phi) is 11.1. The summed E-state index contributed by atoms with van der Waals surface area (Å²) in [6, 6.07) is 0. The number of ether oxygens (including phenoxy) is 3. The van der Waals surface area contributed by atoms with Gasteiger partial charge in [0.1, 0.15) is 12.2 Å². The molecule has 0 aromatic carbocycles. The highest BCUT2D eigenvalue weighted by atomic mass is 32.3. The maximum Gasteiger partial charge on any atom is 0.397 e. The Labute approximate surface area is 295 Å². The van der Waals surface area contributed by atoms with Gasteiger partial charge in [0.05, 0.1) is 18.8 Å². The van der Waals surface area contributed by atoms with Gasteiger partial charge in [0.25, 0.3) is 0 Å². The van der Waals surface area contributed by atoms with E-state index < -0.39 is 117 Å². The largest absolute Gasteiger partial charge is 0.480 e. The van der Waals surface area contributed by atoms with Crippen molar-refractivity contribution in [1.82, 2.24) is 0 Å². The number of hydrogen-bond donors (Lipinski definition) is 6. The molecule has 5 aliphatic rings. The summed E-state index contributed by atoms with van der Waals surface area (Å²) in [5.74, 6) is -5.48. The molecule has 51 heavy (non-hydrogen) atoms. The molecule has 0 aromatic rings. The summed E-state index contributed by atoms with van der Waals surface area (Å²) in [6.45, 7) is 6.51. The lowest BCUT2D eigenvalue weighted by molar-refractivity contribution is -0.318. The number of carboxylic acids is 2. The van der Waals surface area contributed by atoms with Crippen molar-refractivity contribution in [2.45, 2.75) is 121 Å². The first-order valence-electron chi connectivity index (χ1n) is 16.9. The molecule has 6 N–H and O–H groups in total. The van der Waals surface area contributed by atoms with Crippen LogP contribution in [0, 0.1) is 34.0 Å². The van der Waals surface area contributed by atoms with Gasteiger partial charge in [-0.1, -0.05) is 26.8 Å². The summed E-state index contributed by atoms with van der Waals surface area (Å²) in [5, 5.41) is 42.9. The number of aliphatic hydroxyl groups excluding tert-OH is 2. The Morgan fingerprint density at radius 1 is 0.922 bits per heavy atom. The Balaban J connectivity index is 1.58. The van der Waals surface area contributed by atoms with Crippen LogP contribution in [0.1, 0.15) is 78.1 Å². The van der Waals surface area contributed by atoms with Crippen LogP contribution in [0.2, 0.25) is 0 Å². The third kappa shape index (κ3) is 7.20. The Morgan fingerprint density at radius 2 is 1.55 bits per heavy atom. The smallest absolute Gasteiger partial charge is 0.397 e. The van der Waals surface area contributed by atoms with Gasteiger partial charge in [0.2, 0.25) is 0 Å². The molecule has 4 saturated carbocycles. The quantitative estimate of drug-likeness (QED) is 0.0505. The Hall–Kier alpha value is -2.27. The fourth-order valence-electron chi connectivity index (χ4n) is 10.3. The van der Waals surface area contributed by atoms with Crippen LogP contribution < -0.4 is 0 Å². The topological polar surface area (TPSA) is 287 Å². The maximum atomic E-state index is 13.1. The predicted octanol–water partition coefficient (Wildman–Crippen LogP) is 1.27. The monoisotopic (exact) mass is 770 g/mol. The van der Waals surface area contributed by atoms with E-state index in [1.807, 2.05) is 0 Å². The molecule has 4 aliphatic carbocycles. The summed E-state index contributed by atoms with van der Waals surface area (Å²) in [5.41, 5.74) is -3.51. The molecule has 20 heteroatoms. The van der Waals surface area contributed by atoms with Crippen molar-refractivity contribution in [3.8, 4) is 0 Å². The molecule has 0 amide bonds. The minimum absolute atomic E-state index is 0.00514. The molecule has 1 saturated heterocycles. The van der Waals surface area contributed by atoms with Crippen molar-refractivity contribution in [1.29, 1.82) is 0 Å². The van der Waals surface area contributed by atoms with Crippen LogP contribution in [0.25, 0.3) is 0 Å². The summed E-state index contributed by atoms with van der Waals surface area (Å²) in [4.78, 5) is 39.2. The molecule has 12 atom stereocenters. The van der Waals surface area contributed by atoms with E-state index >= 15 is 0 Å². The highest BCUT2D eigenvalue weighted by Gasteiger charge is 2.72. The second-order valence-electron chi connectivity index (χ2n) is 14.8. The molecule has 2 bridgehead atoms. The lowest BCUT2D eigenvalue weighted by Gasteiger charge is -2.64. The molecule has 1 aliphatic heterocycles. The Morgan fingerprint density at radius 3 is 2.12 bits per heavy atom. The van der Waals surface area contributed by atoms with Crippen LogP contribution in [0.3, 0.4) is 0 Å². The van der Waals surface area contributed by atoms with Crippen molar-refractivity contribution in [3.63, 3.8) is 0 Å². The van der Waals surface area contributed by atoms with Gasteiger partial charge in [0, 0.05) is 18.3 Å². The number of esters is 1. The molecule has 0 aromatic heterocycles. The molecule has 5 rings (SSSR count). The van der Waals surface area contributed by atoms with E-state index in [0.29, 0.717) is 37.7 Å². The molecule has 5 fully saturated rings. The van der Waals surface area contributed by atoms with Crippen LogP contribution >= 0.6 is 0 Å². The summed E-state index contributed by atoms with van der Waals surface area (Å²) in [6.07, 6.45) is -10.5. The Bertz CT molecular complexity index is 1600. The van der Waals surface area contributed by atoms with Crippen LogP contribution in [0.4, 0.5) is 0 Å². The fourth-order valence-corrected chi connectivity index (χ4v) is 11.3. The number of aliphatic carboxylic acids is 2. The zero-order valence-corrected chi connectivity index (χ0v) is 29.8. The SMILES string of the molecule is C=C1C2CCC3C4(C)CC(OC5OC(CO)C(OS(=O)(=O)O)C(OS(=O)(=O)O)C5OC(=O)CCCC)CC(C(=O)O)(C(=O)O)C4CCC3(C2)C1O. The van der Waals surface area contributed by atoms with E-state index in [1.54, 1.807) is 13.8 Å². The fraction of sp³-hybridized carbons (Fsp3) is 0.839. The van der Waals surface area contributed by atoms with Gasteiger partial charge in [0.15, 0.2) is 23.9 Å². The minimum Gasteiger partial charge on any atom is -0.480 e. The summed E-state index contributed by atoms with van der Waals surface area (Å²) < 4.78 is 93.4. The average molecular weight is 771 g/mol. The number of hydrogen-bond acceptors (Lipinski definition) is 14. The molecule has 12 unspecified atom stereocenters. The van der Waals surface area contributed by atoms with E-state index in [4.69, 9.17) is 18.4 Å². The van der Waals surface area contributed by atoms with E-state index in [1.165, 1.54) is 0 Å². The first kappa shape index (κ1) is 39.9. The number of rotatable bonds is 13. The van der Waals surface area contributed by atoms with Gasteiger partial charge < -0.3 is 34.6 Å². The first-order valence-corrected chi connectivity index (χ1v) is 19.6. The number of carbonyl (C=O) groups excluding carboxylic acids is 1. The van der Waals surface area contributed by atoms with Crippen molar-refractivity contribution in [3.05, 3.63) is 12.2 Å². The van der Waals surface area contributed by atoms with Gasteiger partial charge in [-0.3, -0.25) is 23.5 Å². The van der Waals surface area contributed by atoms with Crippen molar-refractivity contribution >= 4 is 38.7 Å². The lowest BCUT2D eigenvalue weighted by Crippen LogP contribution is -2.67. The summed E-state index contributed by atoms with van der Waals surface area (Å²) >= 11 is 0. The number of fused-ring (bicyclic) bond motifs is 3. The van der Waals surface area contributed by atoms with Crippen LogP contribution in [0.5, 0.6) is 0 Å². The zero-order chi connectivity index (χ0) is 37.9. The van der Waals surface area contributed by atoms with Crippen LogP contribution in [-0.4, -0.2) is 114 Å². The van der Waals surface area contributed by atoms with Crippen molar-refractivity contribution < 1.29 is 83.3 Å². The van der Waals surface area contributed by atoms with Gasteiger partial charge in [-0.05, 0) is 73.7 Å². The second kappa shape index (κ2) is 14.2. The molecule has 1 spiro atoms. The van der Waals surface area contributed by atoms with Gasteiger partial charge in [-0.25, -0.2) is 8.37 Å². The maximum absolute atomic E-state index is 13.1. The molecule has 18 nitrogen and oxygen atoms in total. The second-order valence-corrected chi connectivity index (χ2v) is 16.9. The van der Waals surface area contributed by atoms with E-state index in [-0.39, 0.29) is 37.5 Å². The van der Waals surface area contributed by atoms with Crippen molar-refractivity contribution in [2.75, 3.05) is 6.61 Å². The van der Waals surface area contributed by atoms with Gasteiger partial charge >= 0.3 is 38.7 Å². The normalized spacial score (nSPS) is 40.5. The highest BCUT2D eigenvalue weighted by Crippen LogP contribution is 2.72. The lowest BCUT2D eigenvalue weighted by atomic mass is 9.40. The number of carboxylic acid groups (broad SMARTS) is 2. The third-order valence-electron chi connectivity index (χ3n) is 12.2. The molecule has 290 valence electrons. The molecular weight excluding hydrogens is 724 g/mol. The van der Waals surface area contributed by atoms with E-state index in [0.717, 1.165) is 0 Å². The van der Waals surface area contributed by atoms with Gasteiger partial charge in [-0.15, -0.1) is 0 Å². The summed E-state index contributed by atoms with van der Waals surface area (Å²) in [7, 11) is -10.9. The number of unbranched alkanes of at least 4 members (excludes halogenated alkanes) is 1. The highest BCUT2D eigenvalue weighted by molar-refractivity contribution is 7.81. The van der Waals surface area contributed by atoms with E-state index in [9.17, 15) is 60.8 Å². The first-order chi connectivity index (χ1) is 23.6.